The zero-order chi connectivity index (χ0) is 22.2. The van der Waals surface area contributed by atoms with Crippen molar-refractivity contribution >= 4 is 5.96 Å². The van der Waals surface area contributed by atoms with E-state index in [4.69, 9.17) is 0 Å². The SMILES string of the molecule is CCN(C)Cc1cccc(CNC(=NC)NCc2ccccc2-n2nc(C)cc2C)c1. The topological polar surface area (TPSA) is 57.5 Å². The van der Waals surface area contributed by atoms with Gasteiger partial charge in [-0.1, -0.05) is 49.4 Å². The molecule has 0 aliphatic heterocycles. The molecule has 3 rings (SSSR count). The first kappa shape index (κ1) is 22.6. The first-order chi connectivity index (χ1) is 15.0. The highest BCUT2D eigenvalue weighted by Gasteiger charge is 2.09. The predicted octanol–water partition coefficient (Wildman–Crippen LogP) is 3.81. The third kappa shape index (κ3) is 6.18. The van der Waals surface area contributed by atoms with Crippen LogP contribution in [0.3, 0.4) is 0 Å². The lowest BCUT2D eigenvalue weighted by atomic mass is 10.1. The van der Waals surface area contributed by atoms with E-state index in [2.05, 4.69) is 95.1 Å². The van der Waals surface area contributed by atoms with Crippen LogP contribution in [0.4, 0.5) is 0 Å². The zero-order valence-electron chi connectivity index (χ0n) is 19.3. The van der Waals surface area contributed by atoms with Gasteiger partial charge in [-0.3, -0.25) is 4.99 Å². The summed E-state index contributed by atoms with van der Waals surface area (Å²) in [7, 11) is 3.94. The number of hydrogen-bond acceptors (Lipinski definition) is 3. The Morgan fingerprint density at radius 2 is 1.74 bits per heavy atom. The van der Waals surface area contributed by atoms with Crippen molar-refractivity contribution in [2.24, 2.45) is 4.99 Å². The van der Waals surface area contributed by atoms with E-state index < -0.39 is 0 Å². The Bertz CT molecular complexity index is 1020. The average molecular weight is 419 g/mol. The van der Waals surface area contributed by atoms with E-state index in [-0.39, 0.29) is 0 Å². The minimum absolute atomic E-state index is 0.662. The summed E-state index contributed by atoms with van der Waals surface area (Å²) in [5.41, 5.74) is 6.97. The monoisotopic (exact) mass is 418 g/mol. The highest BCUT2D eigenvalue weighted by molar-refractivity contribution is 5.79. The minimum Gasteiger partial charge on any atom is -0.352 e. The van der Waals surface area contributed by atoms with Gasteiger partial charge >= 0.3 is 0 Å². The lowest BCUT2D eigenvalue weighted by Crippen LogP contribution is -2.36. The van der Waals surface area contributed by atoms with Gasteiger partial charge in [0.05, 0.1) is 11.4 Å². The van der Waals surface area contributed by atoms with Gasteiger partial charge in [-0.25, -0.2) is 4.68 Å². The van der Waals surface area contributed by atoms with Crippen LogP contribution < -0.4 is 10.6 Å². The van der Waals surface area contributed by atoms with E-state index >= 15 is 0 Å². The molecular formula is C25H34N6. The summed E-state index contributed by atoms with van der Waals surface area (Å²) in [6, 6.07) is 19.1. The van der Waals surface area contributed by atoms with Gasteiger partial charge in [-0.2, -0.15) is 5.10 Å². The van der Waals surface area contributed by atoms with Crippen LogP contribution in [0.5, 0.6) is 0 Å². The molecule has 0 saturated heterocycles. The predicted molar refractivity (Wildman–Crippen MR) is 129 cm³/mol. The lowest BCUT2D eigenvalue weighted by molar-refractivity contribution is 0.345. The molecule has 6 nitrogen and oxygen atoms in total. The summed E-state index contributed by atoms with van der Waals surface area (Å²) < 4.78 is 2.00. The van der Waals surface area contributed by atoms with E-state index in [0.717, 1.165) is 42.7 Å². The number of benzene rings is 2. The lowest BCUT2D eigenvalue weighted by Gasteiger charge is -2.16. The molecule has 0 saturated carbocycles. The summed E-state index contributed by atoms with van der Waals surface area (Å²) in [6.45, 7) is 9.66. The number of rotatable bonds is 8. The number of hydrogen-bond donors (Lipinski definition) is 2. The molecule has 0 amide bonds. The molecule has 6 heteroatoms. The molecule has 0 aliphatic rings. The summed E-state index contributed by atoms with van der Waals surface area (Å²) in [4.78, 5) is 6.69. The standard InChI is InChI=1S/C25H34N6/c1-6-30(5)18-22-11-9-10-21(15-22)16-27-25(26-4)28-17-23-12-7-8-13-24(23)31-20(3)14-19(2)29-31/h7-15H,6,16-18H2,1-5H3,(H2,26,27,28). The highest BCUT2D eigenvalue weighted by atomic mass is 15.3. The van der Waals surface area contributed by atoms with Crippen molar-refractivity contribution in [3.05, 3.63) is 82.7 Å². The Morgan fingerprint density at radius 1 is 1.00 bits per heavy atom. The molecule has 0 fully saturated rings. The van der Waals surface area contributed by atoms with Crippen LogP contribution in [0.2, 0.25) is 0 Å². The molecule has 0 unspecified atom stereocenters. The molecule has 0 spiro atoms. The van der Waals surface area contributed by atoms with Crippen LogP contribution in [-0.4, -0.2) is 41.3 Å². The van der Waals surface area contributed by atoms with Gasteiger partial charge < -0.3 is 15.5 Å². The Balaban J connectivity index is 1.62. The molecule has 1 aromatic heterocycles. The number of guanidine groups is 1. The summed E-state index contributed by atoms with van der Waals surface area (Å²) in [6.07, 6.45) is 0. The Kier molecular flexibility index (Phi) is 7.84. The van der Waals surface area contributed by atoms with Crippen molar-refractivity contribution in [1.29, 1.82) is 0 Å². The first-order valence-corrected chi connectivity index (χ1v) is 10.8. The fraction of sp³-hybridized carbons (Fsp3) is 0.360. The number of para-hydroxylation sites is 1. The third-order valence-corrected chi connectivity index (χ3v) is 5.34. The Hall–Kier alpha value is -3.12. The van der Waals surface area contributed by atoms with Crippen molar-refractivity contribution in [2.75, 3.05) is 20.6 Å². The number of nitrogens with zero attached hydrogens (tertiary/aromatic N) is 4. The molecule has 0 radical (unpaired) electrons. The van der Waals surface area contributed by atoms with E-state index in [9.17, 15) is 0 Å². The van der Waals surface area contributed by atoms with Crippen LogP contribution in [0.25, 0.3) is 5.69 Å². The van der Waals surface area contributed by atoms with E-state index in [1.54, 1.807) is 7.05 Å². The number of aromatic nitrogens is 2. The quantitative estimate of drug-likeness (QED) is 0.431. The molecule has 31 heavy (non-hydrogen) atoms. The minimum atomic E-state index is 0.662. The maximum Gasteiger partial charge on any atom is 0.191 e. The third-order valence-electron chi connectivity index (χ3n) is 5.34. The van der Waals surface area contributed by atoms with Gasteiger partial charge in [0.25, 0.3) is 0 Å². The van der Waals surface area contributed by atoms with E-state index in [1.165, 1.54) is 16.7 Å². The van der Waals surface area contributed by atoms with Crippen molar-refractivity contribution < 1.29 is 0 Å². The van der Waals surface area contributed by atoms with Crippen LogP contribution in [0.15, 0.2) is 59.6 Å². The van der Waals surface area contributed by atoms with Crippen molar-refractivity contribution in [3.8, 4) is 5.69 Å². The maximum absolute atomic E-state index is 4.64. The van der Waals surface area contributed by atoms with Gasteiger partial charge in [0.15, 0.2) is 5.96 Å². The smallest absolute Gasteiger partial charge is 0.191 e. The van der Waals surface area contributed by atoms with Gasteiger partial charge in [0.1, 0.15) is 0 Å². The van der Waals surface area contributed by atoms with Gasteiger partial charge in [-0.15, -0.1) is 0 Å². The molecule has 0 atom stereocenters. The molecule has 3 aromatic rings. The molecule has 164 valence electrons. The number of nitrogens with one attached hydrogen (secondary N) is 2. The van der Waals surface area contributed by atoms with Crippen molar-refractivity contribution in [3.63, 3.8) is 0 Å². The number of aliphatic imine (C=N–C) groups is 1. The van der Waals surface area contributed by atoms with Crippen LogP contribution in [-0.2, 0) is 19.6 Å². The normalized spacial score (nSPS) is 11.7. The second kappa shape index (κ2) is 10.8. The van der Waals surface area contributed by atoms with Crippen LogP contribution in [0.1, 0.15) is 35.0 Å². The van der Waals surface area contributed by atoms with Crippen LogP contribution >= 0.6 is 0 Å². The van der Waals surface area contributed by atoms with Crippen molar-refractivity contribution in [2.45, 2.75) is 40.4 Å². The maximum atomic E-state index is 4.64. The van der Waals surface area contributed by atoms with E-state index in [1.807, 2.05) is 17.7 Å². The van der Waals surface area contributed by atoms with Gasteiger partial charge in [-0.05, 0) is 56.3 Å². The second-order valence-electron chi connectivity index (χ2n) is 7.90. The van der Waals surface area contributed by atoms with Crippen LogP contribution in [0, 0.1) is 13.8 Å². The molecule has 0 bridgehead atoms. The summed E-state index contributed by atoms with van der Waals surface area (Å²) >= 11 is 0. The molecule has 2 aromatic carbocycles. The fourth-order valence-electron chi connectivity index (χ4n) is 3.59. The zero-order valence-corrected chi connectivity index (χ0v) is 19.3. The largest absolute Gasteiger partial charge is 0.352 e. The second-order valence-corrected chi connectivity index (χ2v) is 7.90. The average Bonchev–Trinajstić information content (AvgIpc) is 3.12. The number of aryl methyl sites for hydroxylation is 2. The molecule has 2 N–H and O–H groups in total. The Morgan fingerprint density at radius 3 is 2.45 bits per heavy atom. The first-order valence-electron chi connectivity index (χ1n) is 10.8. The molecular weight excluding hydrogens is 384 g/mol. The summed E-state index contributed by atoms with van der Waals surface area (Å²) in [5.74, 6) is 0.777. The fourth-order valence-corrected chi connectivity index (χ4v) is 3.59. The Labute approximate surface area is 186 Å². The highest BCUT2D eigenvalue weighted by Crippen LogP contribution is 2.17. The molecule has 0 aliphatic carbocycles. The summed E-state index contributed by atoms with van der Waals surface area (Å²) in [5, 5.41) is 11.5. The van der Waals surface area contributed by atoms with Crippen molar-refractivity contribution in [1.82, 2.24) is 25.3 Å². The van der Waals surface area contributed by atoms with Gasteiger partial charge in [0, 0.05) is 32.4 Å². The van der Waals surface area contributed by atoms with E-state index in [0.29, 0.717) is 6.54 Å². The van der Waals surface area contributed by atoms with Gasteiger partial charge in [0.2, 0.25) is 0 Å². The molecule has 1 heterocycles.